The molecule has 0 saturated heterocycles. The predicted molar refractivity (Wildman–Crippen MR) is 122 cm³/mol. The second kappa shape index (κ2) is 9.91. The molecule has 0 spiro atoms. The summed E-state index contributed by atoms with van der Waals surface area (Å²) in [4.78, 5) is 15.4. The van der Waals surface area contributed by atoms with Gasteiger partial charge in [-0.25, -0.2) is 4.98 Å². The lowest BCUT2D eigenvalue weighted by Crippen LogP contribution is -2.45. The van der Waals surface area contributed by atoms with Crippen molar-refractivity contribution in [1.82, 2.24) is 9.55 Å². The Bertz CT molecular complexity index is 817. The third-order valence-corrected chi connectivity index (χ3v) is 10.3. The number of hydrogen-bond donors (Lipinski definition) is 1. The second-order valence-electron chi connectivity index (χ2n) is 8.77. The lowest BCUT2D eigenvalue weighted by Gasteiger charge is -2.39. The van der Waals surface area contributed by atoms with Crippen LogP contribution in [0, 0.1) is 0 Å². The summed E-state index contributed by atoms with van der Waals surface area (Å²) in [5, 5.41) is 0.116. The van der Waals surface area contributed by atoms with E-state index in [4.69, 9.17) is 14.9 Å². The normalized spacial score (nSPS) is 13.3. The molecule has 0 aliphatic heterocycles. The summed E-state index contributed by atoms with van der Waals surface area (Å²) in [5.41, 5.74) is 5.59. The summed E-state index contributed by atoms with van der Waals surface area (Å²) in [6.07, 6.45) is 5.05. The molecular formula is C21H32BrN3O3Si. The predicted octanol–water partition coefficient (Wildman–Crippen LogP) is 4.99. The minimum atomic E-state index is -1.94. The number of halogens is 1. The Morgan fingerprint density at radius 3 is 2.66 bits per heavy atom. The first-order valence-corrected chi connectivity index (χ1v) is 13.6. The minimum absolute atomic E-state index is 0.0110. The summed E-state index contributed by atoms with van der Waals surface area (Å²) in [7, 11) is -1.94. The maximum absolute atomic E-state index is 11.3. The van der Waals surface area contributed by atoms with Crippen LogP contribution in [0.3, 0.4) is 0 Å². The van der Waals surface area contributed by atoms with Gasteiger partial charge in [0.05, 0.1) is 19.0 Å². The molecule has 2 N–H and O–H groups in total. The van der Waals surface area contributed by atoms with Gasteiger partial charge in [-0.15, -0.1) is 0 Å². The summed E-state index contributed by atoms with van der Waals surface area (Å²) >= 11 is 3.46. The number of primary amides is 1. The van der Waals surface area contributed by atoms with Gasteiger partial charge in [0.25, 0.3) is 5.91 Å². The summed E-state index contributed by atoms with van der Waals surface area (Å²) in [6, 6.07) is 7.84. The van der Waals surface area contributed by atoms with E-state index >= 15 is 0 Å². The minimum Gasteiger partial charge on any atom is -0.494 e. The van der Waals surface area contributed by atoms with E-state index in [0.29, 0.717) is 13.2 Å². The lowest BCUT2D eigenvalue weighted by atomic mass is 10.2. The van der Waals surface area contributed by atoms with Crippen LogP contribution in [0.4, 0.5) is 0 Å². The van der Waals surface area contributed by atoms with E-state index in [1.807, 2.05) is 28.8 Å². The highest BCUT2D eigenvalue weighted by Crippen LogP contribution is 2.38. The number of nitrogens with two attached hydrogens (primary N) is 1. The second-order valence-corrected chi connectivity index (χ2v) is 14.4. The Kier molecular flexibility index (Phi) is 8.07. The zero-order valence-corrected chi connectivity index (χ0v) is 20.5. The zero-order valence-electron chi connectivity index (χ0n) is 17.9. The van der Waals surface area contributed by atoms with Crippen LogP contribution in [0.25, 0.3) is 0 Å². The molecule has 1 aromatic carbocycles. The molecule has 29 heavy (non-hydrogen) atoms. The Morgan fingerprint density at radius 1 is 1.34 bits per heavy atom. The molecular weight excluding hydrogens is 450 g/mol. The summed E-state index contributed by atoms with van der Waals surface area (Å²) in [6.45, 7) is 12.4. The SMILES string of the molecule is CC(C)(C)[Si](C)(C)O[C@@H](CCCOc1cccc(Br)c1)Cn1cnc(C(N)=O)c1. The van der Waals surface area contributed by atoms with Gasteiger partial charge < -0.3 is 19.5 Å². The van der Waals surface area contributed by atoms with Crippen LogP contribution < -0.4 is 10.5 Å². The number of carbonyl (C=O) groups is 1. The quantitative estimate of drug-likeness (QED) is 0.382. The number of rotatable bonds is 10. The standard InChI is InChI=1S/C21H32BrN3O3Si/c1-21(2,3)29(4,5)28-18(13-25-14-19(20(23)26)24-15-25)10-7-11-27-17-9-6-8-16(22)12-17/h6,8-9,12,14-15,18H,7,10-11,13H2,1-5H3,(H2,23,26)/t18-/m0/s1. The number of aromatic nitrogens is 2. The van der Waals surface area contributed by atoms with Gasteiger partial charge in [-0.1, -0.05) is 42.8 Å². The molecule has 6 nitrogen and oxygen atoms in total. The highest BCUT2D eigenvalue weighted by atomic mass is 79.9. The number of nitrogens with zero attached hydrogens (tertiary/aromatic N) is 2. The molecule has 0 radical (unpaired) electrons. The van der Waals surface area contributed by atoms with E-state index in [1.165, 1.54) is 0 Å². The third kappa shape index (κ3) is 7.28. The maximum atomic E-state index is 11.3. The van der Waals surface area contributed by atoms with Gasteiger partial charge in [0, 0.05) is 17.2 Å². The first-order valence-electron chi connectivity index (χ1n) is 9.86. The summed E-state index contributed by atoms with van der Waals surface area (Å²) < 4.78 is 15.4. The number of benzene rings is 1. The molecule has 0 aliphatic carbocycles. The smallest absolute Gasteiger partial charge is 0.268 e. The first kappa shape index (κ1) is 23.6. The van der Waals surface area contributed by atoms with Crippen LogP contribution >= 0.6 is 15.9 Å². The first-order chi connectivity index (χ1) is 13.5. The third-order valence-electron chi connectivity index (χ3n) is 5.30. The number of ether oxygens (including phenoxy) is 1. The van der Waals surface area contributed by atoms with Crippen LogP contribution in [0.15, 0.2) is 41.3 Å². The van der Waals surface area contributed by atoms with Crippen LogP contribution in [0.2, 0.25) is 18.1 Å². The topological polar surface area (TPSA) is 79.4 Å². The molecule has 8 heteroatoms. The van der Waals surface area contributed by atoms with Crippen molar-refractivity contribution < 1.29 is 14.0 Å². The Hall–Kier alpha value is -1.64. The number of imidazole rings is 1. The van der Waals surface area contributed by atoms with E-state index in [9.17, 15) is 4.79 Å². The number of carbonyl (C=O) groups excluding carboxylic acids is 1. The fraction of sp³-hybridized carbons (Fsp3) is 0.524. The fourth-order valence-electron chi connectivity index (χ4n) is 2.66. The molecule has 1 aromatic heterocycles. The highest BCUT2D eigenvalue weighted by molar-refractivity contribution is 9.10. The van der Waals surface area contributed by atoms with Gasteiger partial charge in [0.2, 0.25) is 0 Å². The fourth-order valence-corrected chi connectivity index (χ4v) is 4.42. The Balaban J connectivity index is 2.00. The van der Waals surface area contributed by atoms with Crippen molar-refractivity contribution in [3.05, 3.63) is 47.0 Å². The highest BCUT2D eigenvalue weighted by Gasteiger charge is 2.39. The van der Waals surface area contributed by atoms with Crippen molar-refractivity contribution in [2.24, 2.45) is 5.73 Å². The van der Waals surface area contributed by atoms with Crippen molar-refractivity contribution in [2.45, 2.75) is 64.4 Å². The van der Waals surface area contributed by atoms with Gasteiger partial charge in [0.15, 0.2) is 8.32 Å². The average molecular weight is 482 g/mol. The zero-order chi connectivity index (χ0) is 21.7. The molecule has 2 aromatic rings. The average Bonchev–Trinajstić information content (AvgIpc) is 3.06. The largest absolute Gasteiger partial charge is 0.494 e. The monoisotopic (exact) mass is 481 g/mol. The molecule has 2 rings (SSSR count). The van der Waals surface area contributed by atoms with Crippen molar-refractivity contribution >= 4 is 30.2 Å². The van der Waals surface area contributed by atoms with E-state index in [-0.39, 0.29) is 16.8 Å². The maximum Gasteiger partial charge on any atom is 0.268 e. The number of hydrogen-bond acceptors (Lipinski definition) is 4. The molecule has 0 fully saturated rings. The molecule has 1 amide bonds. The van der Waals surface area contributed by atoms with Gasteiger partial charge in [-0.2, -0.15) is 0 Å². The van der Waals surface area contributed by atoms with Crippen LogP contribution in [0.1, 0.15) is 44.1 Å². The van der Waals surface area contributed by atoms with Crippen molar-refractivity contribution in [2.75, 3.05) is 6.61 Å². The number of amides is 1. The van der Waals surface area contributed by atoms with Gasteiger partial charge in [0.1, 0.15) is 11.4 Å². The lowest BCUT2D eigenvalue weighted by molar-refractivity contribution is 0.0995. The summed E-state index contributed by atoms with van der Waals surface area (Å²) in [5.74, 6) is 0.329. The van der Waals surface area contributed by atoms with E-state index < -0.39 is 14.2 Å². The van der Waals surface area contributed by atoms with E-state index in [0.717, 1.165) is 23.1 Å². The molecule has 160 valence electrons. The van der Waals surface area contributed by atoms with Crippen molar-refractivity contribution in [1.29, 1.82) is 0 Å². The van der Waals surface area contributed by atoms with Crippen molar-refractivity contribution in [3.63, 3.8) is 0 Å². The Labute approximate surface area is 183 Å². The van der Waals surface area contributed by atoms with Gasteiger partial charge in [-0.3, -0.25) is 4.79 Å². The molecule has 0 unspecified atom stereocenters. The van der Waals surface area contributed by atoms with E-state index in [1.54, 1.807) is 12.5 Å². The molecule has 0 aliphatic rings. The van der Waals surface area contributed by atoms with Gasteiger partial charge >= 0.3 is 0 Å². The van der Waals surface area contributed by atoms with E-state index in [2.05, 4.69) is 54.8 Å². The van der Waals surface area contributed by atoms with Crippen LogP contribution in [-0.2, 0) is 11.0 Å². The van der Waals surface area contributed by atoms with Crippen LogP contribution in [0.5, 0.6) is 5.75 Å². The Morgan fingerprint density at radius 2 is 2.07 bits per heavy atom. The molecule has 1 heterocycles. The molecule has 1 atom stereocenters. The molecule has 0 bridgehead atoms. The van der Waals surface area contributed by atoms with Crippen molar-refractivity contribution in [3.8, 4) is 5.75 Å². The van der Waals surface area contributed by atoms with Gasteiger partial charge in [-0.05, 0) is 49.2 Å². The molecule has 0 saturated carbocycles. The van der Waals surface area contributed by atoms with Crippen LogP contribution in [-0.4, -0.2) is 36.5 Å².